The van der Waals surface area contributed by atoms with Crippen LogP contribution in [-0.4, -0.2) is 59.6 Å². The molecule has 1 aromatic carbocycles. The first kappa shape index (κ1) is 15.8. The smallest absolute Gasteiger partial charge is 0.321 e. The molecule has 1 aromatic rings. The first-order valence-electron chi connectivity index (χ1n) is 6.71. The number of carbonyl (C=O) groups excluding carboxylic acids is 1. The Kier molecular flexibility index (Phi) is 5.19. The van der Waals surface area contributed by atoms with E-state index in [1.165, 1.54) is 0 Å². The summed E-state index contributed by atoms with van der Waals surface area (Å²) in [5.74, 6) is -0.836. The molecule has 114 valence electrons. The van der Waals surface area contributed by atoms with Gasteiger partial charge in [0.2, 0.25) is 0 Å². The largest absolute Gasteiger partial charge is 0.480 e. The molecule has 0 aliphatic carbocycles. The molecule has 0 spiro atoms. The van der Waals surface area contributed by atoms with Crippen LogP contribution in [0.3, 0.4) is 0 Å². The van der Waals surface area contributed by atoms with Gasteiger partial charge in [-0.1, -0.05) is 15.9 Å². The third-order valence-corrected chi connectivity index (χ3v) is 3.77. The van der Waals surface area contributed by atoms with E-state index in [4.69, 9.17) is 5.11 Å². The second-order valence-corrected chi connectivity index (χ2v) is 6.02. The van der Waals surface area contributed by atoms with E-state index >= 15 is 0 Å². The van der Waals surface area contributed by atoms with E-state index in [1.54, 1.807) is 4.90 Å². The Bertz CT molecular complexity index is 522. The van der Waals surface area contributed by atoms with Crippen LogP contribution in [0.4, 0.5) is 10.5 Å². The maximum atomic E-state index is 12.2. The van der Waals surface area contributed by atoms with E-state index in [-0.39, 0.29) is 12.6 Å². The predicted molar refractivity (Wildman–Crippen MR) is 83.5 cm³/mol. The molecule has 0 radical (unpaired) electrons. The van der Waals surface area contributed by atoms with Gasteiger partial charge in [-0.25, -0.2) is 4.79 Å². The lowest BCUT2D eigenvalue weighted by Crippen LogP contribution is -2.51. The van der Waals surface area contributed by atoms with Gasteiger partial charge in [0.15, 0.2) is 0 Å². The van der Waals surface area contributed by atoms with E-state index in [2.05, 4.69) is 21.2 Å². The summed E-state index contributed by atoms with van der Waals surface area (Å²) in [7, 11) is 0. The lowest BCUT2D eigenvalue weighted by atomic mass is 10.2. The minimum Gasteiger partial charge on any atom is -0.480 e. The number of hydrogen-bond donors (Lipinski definition) is 2. The van der Waals surface area contributed by atoms with Gasteiger partial charge in [0.25, 0.3) is 0 Å². The van der Waals surface area contributed by atoms with Crippen LogP contribution in [0.25, 0.3) is 0 Å². The molecule has 0 saturated carbocycles. The molecule has 6 nitrogen and oxygen atoms in total. The van der Waals surface area contributed by atoms with Crippen LogP contribution < -0.4 is 5.32 Å². The molecule has 1 aliphatic rings. The number of urea groups is 1. The zero-order valence-corrected chi connectivity index (χ0v) is 13.4. The Hall–Kier alpha value is -1.60. The third-order valence-electron chi connectivity index (χ3n) is 3.31. The van der Waals surface area contributed by atoms with Crippen molar-refractivity contribution in [3.05, 3.63) is 28.2 Å². The zero-order valence-electron chi connectivity index (χ0n) is 11.8. The summed E-state index contributed by atoms with van der Waals surface area (Å²) in [5.41, 5.74) is 1.81. The number of halogens is 1. The Balaban J connectivity index is 1.88. The molecule has 2 amide bonds. The fraction of sp³-hybridized carbons (Fsp3) is 0.429. The van der Waals surface area contributed by atoms with E-state index < -0.39 is 5.97 Å². The van der Waals surface area contributed by atoms with Gasteiger partial charge in [0, 0.05) is 36.3 Å². The van der Waals surface area contributed by atoms with Crippen molar-refractivity contribution in [3.8, 4) is 0 Å². The summed E-state index contributed by atoms with van der Waals surface area (Å²) >= 11 is 3.40. The first-order chi connectivity index (χ1) is 9.94. The number of piperazine rings is 1. The monoisotopic (exact) mass is 355 g/mol. The molecular formula is C14H18BrN3O3. The SMILES string of the molecule is Cc1cc(Br)cc(NC(=O)N2CCN(CC(=O)O)CC2)c1. The van der Waals surface area contributed by atoms with Crippen molar-refractivity contribution >= 4 is 33.6 Å². The molecule has 2 N–H and O–H groups in total. The molecule has 1 saturated heterocycles. The van der Waals surface area contributed by atoms with Crippen molar-refractivity contribution in [1.82, 2.24) is 9.80 Å². The fourth-order valence-electron chi connectivity index (χ4n) is 2.31. The lowest BCUT2D eigenvalue weighted by molar-refractivity contribution is -0.138. The summed E-state index contributed by atoms with van der Waals surface area (Å²) in [6.07, 6.45) is 0. The third kappa shape index (κ3) is 4.71. The molecular weight excluding hydrogens is 338 g/mol. The number of aliphatic carboxylic acids is 1. The topological polar surface area (TPSA) is 72.9 Å². The minimum absolute atomic E-state index is 0.0281. The standard InChI is InChI=1S/C14H18BrN3O3/c1-10-6-11(15)8-12(7-10)16-14(21)18-4-2-17(3-5-18)9-13(19)20/h6-8H,2-5,9H2,1H3,(H,16,21)(H,19,20). The van der Waals surface area contributed by atoms with Gasteiger partial charge >= 0.3 is 12.0 Å². The zero-order chi connectivity index (χ0) is 15.4. The van der Waals surface area contributed by atoms with Gasteiger partial charge < -0.3 is 15.3 Å². The van der Waals surface area contributed by atoms with E-state index in [9.17, 15) is 9.59 Å². The molecule has 21 heavy (non-hydrogen) atoms. The number of carbonyl (C=O) groups is 2. The second kappa shape index (κ2) is 6.91. The highest BCUT2D eigenvalue weighted by Crippen LogP contribution is 2.19. The Morgan fingerprint density at radius 3 is 2.48 bits per heavy atom. The predicted octanol–water partition coefficient (Wildman–Crippen LogP) is 1.99. The van der Waals surface area contributed by atoms with E-state index in [1.807, 2.05) is 30.0 Å². The maximum Gasteiger partial charge on any atom is 0.321 e. The minimum atomic E-state index is -0.836. The Labute approximate surface area is 131 Å². The van der Waals surface area contributed by atoms with Crippen molar-refractivity contribution in [2.45, 2.75) is 6.92 Å². The van der Waals surface area contributed by atoms with Crippen molar-refractivity contribution in [1.29, 1.82) is 0 Å². The summed E-state index contributed by atoms with van der Waals surface area (Å²) in [5, 5.41) is 11.6. The molecule has 1 fully saturated rings. The van der Waals surface area contributed by atoms with Crippen molar-refractivity contribution in [3.63, 3.8) is 0 Å². The number of carboxylic acid groups (broad SMARTS) is 1. The number of nitrogens with zero attached hydrogens (tertiary/aromatic N) is 2. The van der Waals surface area contributed by atoms with Crippen LogP contribution in [0, 0.1) is 6.92 Å². The summed E-state index contributed by atoms with van der Waals surface area (Å²) in [4.78, 5) is 26.4. The van der Waals surface area contributed by atoms with Gasteiger partial charge in [0.1, 0.15) is 0 Å². The Morgan fingerprint density at radius 1 is 1.24 bits per heavy atom. The number of nitrogens with one attached hydrogen (secondary N) is 1. The van der Waals surface area contributed by atoms with Gasteiger partial charge in [0.05, 0.1) is 6.54 Å². The highest BCUT2D eigenvalue weighted by atomic mass is 79.9. The number of benzene rings is 1. The molecule has 7 heteroatoms. The number of aryl methyl sites for hydroxylation is 1. The highest BCUT2D eigenvalue weighted by Gasteiger charge is 2.22. The fourth-order valence-corrected chi connectivity index (χ4v) is 2.92. The van der Waals surface area contributed by atoms with Crippen LogP contribution in [0.2, 0.25) is 0 Å². The number of carboxylic acids is 1. The Morgan fingerprint density at radius 2 is 1.90 bits per heavy atom. The highest BCUT2D eigenvalue weighted by molar-refractivity contribution is 9.10. The van der Waals surface area contributed by atoms with Gasteiger partial charge in [-0.2, -0.15) is 0 Å². The van der Waals surface area contributed by atoms with Crippen LogP contribution >= 0.6 is 15.9 Å². The molecule has 1 aliphatic heterocycles. The molecule has 0 aromatic heterocycles. The van der Waals surface area contributed by atoms with Gasteiger partial charge in [-0.3, -0.25) is 9.69 Å². The van der Waals surface area contributed by atoms with Crippen LogP contribution in [0.15, 0.2) is 22.7 Å². The van der Waals surface area contributed by atoms with E-state index in [0.29, 0.717) is 26.2 Å². The van der Waals surface area contributed by atoms with Gasteiger partial charge in [-0.15, -0.1) is 0 Å². The average molecular weight is 356 g/mol. The summed E-state index contributed by atoms with van der Waals surface area (Å²) in [6, 6.07) is 5.58. The normalized spacial score (nSPS) is 15.8. The van der Waals surface area contributed by atoms with E-state index in [0.717, 1.165) is 15.7 Å². The molecule has 1 heterocycles. The van der Waals surface area contributed by atoms with Crippen molar-refractivity contribution < 1.29 is 14.7 Å². The average Bonchev–Trinajstić information content (AvgIpc) is 2.37. The van der Waals surface area contributed by atoms with Crippen LogP contribution in [0.5, 0.6) is 0 Å². The quantitative estimate of drug-likeness (QED) is 0.869. The lowest BCUT2D eigenvalue weighted by Gasteiger charge is -2.33. The maximum absolute atomic E-state index is 12.2. The number of rotatable bonds is 3. The number of hydrogen-bond acceptors (Lipinski definition) is 3. The summed E-state index contributed by atoms with van der Waals surface area (Å²) in [6.45, 7) is 4.22. The number of amides is 2. The molecule has 0 unspecified atom stereocenters. The molecule has 0 atom stereocenters. The van der Waals surface area contributed by atoms with Crippen molar-refractivity contribution in [2.75, 3.05) is 38.0 Å². The van der Waals surface area contributed by atoms with Gasteiger partial charge in [-0.05, 0) is 30.7 Å². The van der Waals surface area contributed by atoms with Crippen molar-refractivity contribution in [2.24, 2.45) is 0 Å². The molecule has 2 rings (SSSR count). The summed E-state index contributed by atoms with van der Waals surface area (Å²) < 4.78 is 0.920. The van der Waals surface area contributed by atoms with Crippen LogP contribution in [-0.2, 0) is 4.79 Å². The first-order valence-corrected chi connectivity index (χ1v) is 7.50. The van der Waals surface area contributed by atoms with Crippen LogP contribution in [0.1, 0.15) is 5.56 Å². The number of anilines is 1. The second-order valence-electron chi connectivity index (χ2n) is 5.10. The molecule has 0 bridgehead atoms.